The Morgan fingerprint density at radius 3 is 2.57 bits per heavy atom. The van der Waals surface area contributed by atoms with E-state index in [1.807, 2.05) is 13.0 Å². The van der Waals surface area contributed by atoms with Crippen molar-refractivity contribution in [3.63, 3.8) is 0 Å². The van der Waals surface area contributed by atoms with Gasteiger partial charge in [-0.2, -0.15) is 11.3 Å². The maximum Gasteiger partial charge on any atom is 0.161 e. The van der Waals surface area contributed by atoms with Crippen LogP contribution in [0.3, 0.4) is 0 Å². The lowest BCUT2D eigenvalue weighted by Gasteiger charge is -2.17. The second-order valence-corrected chi connectivity index (χ2v) is 8.40. The van der Waals surface area contributed by atoms with E-state index < -0.39 is 0 Å². The van der Waals surface area contributed by atoms with Gasteiger partial charge in [0.15, 0.2) is 11.5 Å². The van der Waals surface area contributed by atoms with Crippen LogP contribution in [0.4, 0.5) is 0 Å². The molecule has 2 heterocycles. The van der Waals surface area contributed by atoms with E-state index in [0.717, 1.165) is 35.2 Å². The highest BCUT2D eigenvalue weighted by Crippen LogP contribution is 2.30. The van der Waals surface area contributed by atoms with E-state index in [-0.39, 0.29) is 18.4 Å². The van der Waals surface area contributed by atoms with Crippen LogP contribution in [0, 0.1) is 13.8 Å². The molecule has 0 spiro atoms. The van der Waals surface area contributed by atoms with Crippen LogP contribution in [0.1, 0.15) is 39.7 Å². The predicted molar refractivity (Wildman–Crippen MR) is 121 cm³/mol. The largest absolute Gasteiger partial charge is 0.493 e. The minimum atomic E-state index is 0. The predicted octanol–water partition coefficient (Wildman–Crippen LogP) is 5.72. The second-order valence-electron chi connectivity index (χ2n) is 6.38. The molecule has 1 atom stereocenters. The molecule has 1 unspecified atom stereocenters. The highest BCUT2D eigenvalue weighted by atomic mass is 35.5. The van der Waals surface area contributed by atoms with Crippen molar-refractivity contribution < 1.29 is 9.47 Å². The van der Waals surface area contributed by atoms with Crippen LogP contribution in [0.15, 0.2) is 35.0 Å². The molecular formula is C21H27ClN2O2S2. The van der Waals surface area contributed by atoms with Crippen LogP contribution >= 0.6 is 35.1 Å². The van der Waals surface area contributed by atoms with E-state index in [1.165, 1.54) is 16.0 Å². The number of methoxy groups -OCH3 is 1. The summed E-state index contributed by atoms with van der Waals surface area (Å²) in [7, 11) is 1.67. The van der Waals surface area contributed by atoms with Gasteiger partial charge in [0, 0.05) is 11.4 Å². The van der Waals surface area contributed by atoms with E-state index in [2.05, 4.69) is 48.1 Å². The van der Waals surface area contributed by atoms with Gasteiger partial charge in [0.1, 0.15) is 5.01 Å². The Morgan fingerprint density at radius 1 is 1.14 bits per heavy atom. The van der Waals surface area contributed by atoms with Gasteiger partial charge in [-0.3, -0.25) is 0 Å². The molecule has 0 aliphatic rings. The molecule has 0 aliphatic heterocycles. The summed E-state index contributed by atoms with van der Waals surface area (Å²) in [6.07, 6.45) is 0.935. The average molecular weight is 439 g/mol. The molecule has 7 heteroatoms. The lowest BCUT2D eigenvalue weighted by Crippen LogP contribution is -2.23. The van der Waals surface area contributed by atoms with Gasteiger partial charge in [0.05, 0.1) is 25.5 Å². The molecule has 4 nitrogen and oxygen atoms in total. The molecule has 3 rings (SSSR count). The molecule has 0 radical (unpaired) electrons. The number of ether oxygens (including phenoxy) is 2. The SMILES string of the molecule is CCOc1cc(CNC(Cc2ccsc2)c2nc(C)c(C)s2)ccc1OC.Cl. The van der Waals surface area contributed by atoms with E-state index in [0.29, 0.717) is 6.61 Å². The fourth-order valence-electron chi connectivity index (χ4n) is 2.88. The quantitative estimate of drug-likeness (QED) is 0.463. The van der Waals surface area contributed by atoms with E-state index >= 15 is 0 Å². The molecule has 1 aromatic carbocycles. The van der Waals surface area contributed by atoms with Crippen LogP contribution in [0.25, 0.3) is 0 Å². The van der Waals surface area contributed by atoms with Gasteiger partial charge < -0.3 is 14.8 Å². The summed E-state index contributed by atoms with van der Waals surface area (Å²) >= 11 is 3.52. The Kier molecular flexibility index (Phi) is 8.76. The van der Waals surface area contributed by atoms with Crippen LogP contribution in [-0.2, 0) is 13.0 Å². The number of aryl methyl sites for hydroxylation is 2. The standard InChI is InChI=1S/C21H26N2O2S2.ClH/c1-5-25-20-11-16(6-7-19(20)24-4)12-22-18(10-17-8-9-26-13-17)21-23-14(2)15(3)27-21;/h6-9,11,13,18,22H,5,10,12H2,1-4H3;1H. The van der Waals surface area contributed by atoms with Gasteiger partial charge in [0.25, 0.3) is 0 Å². The zero-order chi connectivity index (χ0) is 19.2. The van der Waals surface area contributed by atoms with E-state index in [1.54, 1.807) is 29.8 Å². The Morgan fingerprint density at radius 2 is 1.96 bits per heavy atom. The van der Waals surface area contributed by atoms with Crippen molar-refractivity contribution in [2.24, 2.45) is 0 Å². The summed E-state index contributed by atoms with van der Waals surface area (Å²) in [4.78, 5) is 6.08. The number of aromatic nitrogens is 1. The maximum atomic E-state index is 5.70. The number of thiophene rings is 1. The highest BCUT2D eigenvalue weighted by molar-refractivity contribution is 7.11. The van der Waals surface area contributed by atoms with Crippen LogP contribution in [0.5, 0.6) is 11.5 Å². The third-order valence-corrected chi connectivity index (χ3v) is 6.36. The van der Waals surface area contributed by atoms with Crippen molar-refractivity contribution in [2.75, 3.05) is 13.7 Å². The monoisotopic (exact) mass is 438 g/mol. The Hall–Kier alpha value is -1.60. The van der Waals surface area contributed by atoms with E-state index in [4.69, 9.17) is 14.5 Å². The molecule has 0 fully saturated rings. The molecule has 28 heavy (non-hydrogen) atoms. The van der Waals surface area contributed by atoms with Gasteiger partial charge in [-0.1, -0.05) is 6.07 Å². The molecular weight excluding hydrogens is 412 g/mol. The van der Waals surface area contributed by atoms with Crippen molar-refractivity contribution in [3.8, 4) is 11.5 Å². The van der Waals surface area contributed by atoms with Crippen LogP contribution in [0.2, 0.25) is 0 Å². The number of hydrogen-bond acceptors (Lipinski definition) is 6. The normalized spacial score (nSPS) is 11.7. The summed E-state index contributed by atoms with van der Waals surface area (Å²) in [6, 6.07) is 8.47. The summed E-state index contributed by atoms with van der Waals surface area (Å²) in [5.41, 5.74) is 3.63. The zero-order valence-electron chi connectivity index (χ0n) is 16.7. The first-order valence-corrected chi connectivity index (χ1v) is 10.8. The first-order valence-electron chi connectivity index (χ1n) is 9.08. The van der Waals surface area contributed by atoms with Gasteiger partial charge in [-0.05, 0) is 67.3 Å². The Balaban J connectivity index is 0.00000280. The van der Waals surface area contributed by atoms with Crippen LogP contribution < -0.4 is 14.8 Å². The maximum absolute atomic E-state index is 5.70. The average Bonchev–Trinajstić information content (AvgIpc) is 3.29. The van der Waals surface area contributed by atoms with Gasteiger partial charge in [0.2, 0.25) is 0 Å². The highest BCUT2D eigenvalue weighted by Gasteiger charge is 2.18. The summed E-state index contributed by atoms with van der Waals surface area (Å²) in [6.45, 7) is 7.56. The first-order chi connectivity index (χ1) is 13.1. The van der Waals surface area contributed by atoms with Crippen molar-refractivity contribution in [2.45, 2.75) is 39.8 Å². The smallest absolute Gasteiger partial charge is 0.161 e. The molecule has 0 saturated carbocycles. The number of halogens is 1. The molecule has 1 N–H and O–H groups in total. The third-order valence-electron chi connectivity index (χ3n) is 4.44. The number of rotatable bonds is 9. The molecule has 3 aromatic rings. The number of nitrogens with one attached hydrogen (secondary N) is 1. The first kappa shape index (κ1) is 22.7. The minimum Gasteiger partial charge on any atom is -0.493 e. The Labute approximate surface area is 181 Å². The fourth-order valence-corrected chi connectivity index (χ4v) is 4.56. The van der Waals surface area contributed by atoms with Crippen molar-refractivity contribution in [1.29, 1.82) is 0 Å². The second kappa shape index (κ2) is 10.8. The topological polar surface area (TPSA) is 43.4 Å². The Bertz CT molecular complexity index is 846. The molecule has 0 saturated heterocycles. The third kappa shape index (κ3) is 5.70. The number of hydrogen-bond donors (Lipinski definition) is 1. The van der Waals surface area contributed by atoms with Gasteiger partial charge in [-0.25, -0.2) is 4.98 Å². The molecule has 0 aliphatic carbocycles. The molecule has 2 aromatic heterocycles. The van der Waals surface area contributed by atoms with Crippen molar-refractivity contribution in [1.82, 2.24) is 10.3 Å². The summed E-state index contributed by atoms with van der Waals surface area (Å²) in [5.74, 6) is 1.55. The lowest BCUT2D eigenvalue weighted by molar-refractivity contribution is 0.310. The number of nitrogens with zero attached hydrogens (tertiary/aromatic N) is 1. The molecule has 152 valence electrons. The van der Waals surface area contributed by atoms with Gasteiger partial charge >= 0.3 is 0 Å². The molecule has 0 amide bonds. The molecule has 0 bridgehead atoms. The van der Waals surface area contributed by atoms with Gasteiger partial charge in [-0.15, -0.1) is 23.7 Å². The fraction of sp³-hybridized carbons (Fsp3) is 0.381. The van der Waals surface area contributed by atoms with Crippen molar-refractivity contribution >= 4 is 35.1 Å². The number of thiazole rings is 1. The van der Waals surface area contributed by atoms with E-state index in [9.17, 15) is 0 Å². The van der Waals surface area contributed by atoms with Crippen molar-refractivity contribution in [3.05, 3.63) is 61.7 Å². The minimum absolute atomic E-state index is 0. The lowest BCUT2D eigenvalue weighted by atomic mass is 10.1. The van der Waals surface area contributed by atoms with Crippen LogP contribution in [-0.4, -0.2) is 18.7 Å². The summed E-state index contributed by atoms with van der Waals surface area (Å²) in [5, 5.41) is 9.18. The number of benzene rings is 1. The summed E-state index contributed by atoms with van der Waals surface area (Å²) < 4.78 is 11.1. The zero-order valence-corrected chi connectivity index (χ0v) is 19.1.